The summed E-state index contributed by atoms with van der Waals surface area (Å²) < 4.78 is 5.13. The summed E-state index contributed by atoms with van der Waals surface area (Å²) in [5.41, 5.74) is 0.724. The van der Waals surface area contributed by atoms with Gasteiger partial charge in [-0.1, -0.05) is 23.7 Å². The summed E-state index contributed by atoms with van der Waals surface area (Å²) in [6.45, 7) is 0. The minimum Gasteiger partial charge on any atom is -0.503 e. The molecule has 0 saturated heterocycles. The Kier molecular flexibility index (Phi) is 4.27. The Hall–Kier alpha value is -2.79. The van der Waals surface area contributed by atoms with Gasteiger partial charge in [-0.15, -0.1) is 0 Å². The molecule has 1 atom stereocenters. The zero-order valence-corrected chi connectivity index (χ0v) is 13.5. The first-order valence-electron chi connectivity index (χ1n) is 7.20. The summed E-state index contributed by atoms with van der Waals surface area (Å²) in [4.78, 5) is 26.0. The highest BCUT2D eigenvalue weighted by molar-refractivity contribution is 6.30. The third kappa shape index (κ3) is 2.86. The lowest BCUT2D eigenvalue weighted by Gasteiger charge is -2.22. The average Bonchev–Trinajstić information content (AvgIpc) is 3.16. The van der Waals surface area contributed by atoms with E-state index in [0.29, 0.717) is 16.3 Å². The van der Waals surface area contributed by atoms with E-state index >= 15 is 0 Å². The summed E-state index contributed by atoms with van der Waals surface area (Å²) in [6, 6.07) is 9.52. The third-order valence-electron chi connectivity index (χ3n) is 3.83. The number of ketones is 1. The minimum atomic E-state index is -0.663. The van der Waals surface area contributed by atoms with Gasteiger partial charge in [0.1, 0.15) is 5.76 Å². The molecule has 1 aromatic carbocycles. The Bertz CT molecular complexity index is 834. The number of furan rings is 1. The van der Waals surface area contributed by atoms with E-state index in [0.717, 1.165) is 0 Å². The van der Waals surface area contributed by atoms with Gasteiger partial charge in [-0.25, -0.2) is 0 Å². The van der Waals surface area contributed by atoms with E-state index in [1.54, 1.807) is 36.4 Å². The molecule has 1 aliphatic rings. The summed E-state index contributed by atoms with van der Waals surface area (Å²) in [5, 5.41) is 10.7. The molecule has 1 aromatic heterocycles. The number of allylic oxidation sites excluding steroid dienone is 1. The van der Waals surface area contributed by atoms with Gasteiger partial charge in [0.15, 0.2) is 11.5 Å². The van der Waals surface area contributed by atoms with Crippen molar-refractivity contribution in [2.75, 3.05) is 7.05 Å². The monoisotopic (exact) mass is 343 g/mol. The number of aliphatic hydroxyl groups is 1. The van der Waals surface area contributed by atoms with Crippen LogP contribution in [0.2, 0.25) is 5.02 Å². The average molecular weight is 344 g/mol. The van der Waals surface area contributed by atoms with Crippen molar-refractivity contribution >= 4 is 29.4 Å². The molecule has 0 aliphatic carbocycles. The Morgan fingerprint density at radius 2 is 2.00 bits per heavy atom. The van der Waals surface area contributed by atoms with Gasteiger partial charge < -0.3 is 14.4 Å². The molecule has 0 radical (unpaired) electrons. The summed E-state index contributed by atoms with van der Waals surface area (Å²) in [7, 11) is 1.54. The number of carbonyl (C=O) groups is 2. The largest absolute Gasteiger partial charge is 0.503 e. The zero-order chi connectivity index (χ0) is 17.3. The molecule has 0 saturated carbocycles. The Morgan fingerprint density at radius 1 is 1.29 bits per heavy atom. The number of hydrogen-bond acceptors (Lipinski definition) is 4. The van der Waals surface area contributed by atoms with Gasteiger partial charge in [0.25, 0.3) is 5.91 Å². The van der Waals surface area contributed by atoms with E-state index in [1.807, 2.05) is 0 Å². The molecule has 24 heavy (non-hydrogen) atoms. The summed E-state index contributed by atoms with van der Waals surface area (Å²) in [6.07, 6.45) is 4.26. The molecule has 3 rings (SSSR count). The highest BCUT2D eigenvalue weighted by Gasteiger charge is 2.40. The quantitative estimate of drug-likeness (QED) is 0.862. The molecular weight excluding hydrogens is 330 g/mol. The molecule has 1 unspecified atom stereocenters. The van der Waals surface area contributed by atoms with Crippen molar-refractivity contribution in [3.63, 3.8) is 0 Å². The molecule has 122 valence electrons. The van der Waals surface area contributed by atoms with Gasteiger partial charge in [0, 0.05) is 12.1 Å². The van der Waals surface area contributed by atoms with E-state index in [-0.39, 0.29) is 5.57 Å². The van der Waals surface area contributed by atoms with Crippen molar-refractivity contribution in [3.05, 3.63) is 76.4 Å². The highest BCUT2D eigenvalue weighted by atomic mass is 35.5. The lowest BCUT2D eigenvalue weighted by molar-refractivity contribution is -0.128. The predicted molar refractivity (Wildman–Crippen MR) is 89.4 cm³/mol. The smallest absolute Gasteiger partial charge is 0.289 e. The standard InChI is InChI=1S/C18H14ClNO4/c1-20-16(11-4-6-12(19)7-5-11)15(17(22)18(20)23)14(21)9-8-13-3-2-10-24-13/h2-10,16,22H,1H3/b9-8+. The second-order valence-electron chi connectivity index (χ2n) is 5.35. The number of carbonyl (C=O) groups excluding carboxylic acids is 2. The van der Waals surface area contributed by atoms with Gasteiger partial charge in [-0.3, -0.25) is 9.59 Å². The van der Waals surface area contributed by atoms with Crippen LogP contribution in [0.1, 0.15) is 17.4 Å². The van der Waals surface area contributed by atoms with Crippen molar-refractivity contribution in [1.29, 1.82) is 0 Å². The van der Waals surface area contributed by atoms with Crippen molar-refractivity contribution < 1.29 is 19.1 Å². The molecule has 1 N–H and O–H groups in total. The van der Waals surface area contributed by atoms with Crippen LogP contribution in [-0.2, 0) is 9.59 Å². The number of benzene rings is 1. The molecule has 5 nitrogen and oxygen atoms in total. The Labute approximate surface area is 143 Å². The molecule has 2 heterocycles. The van der Waals surface area contributed by atoms with Gasteiger partial charge in [-0.2, -0.15) is 0 Å². The summed E-state index contributed by atoms with van der Waals surface area (Å²) >= 11 is 5.89. The fourth-order valence-electron chi connectivity index (χ4n) is 2.64. The zero-order valence-electron chi connectivity index (χ0n) is 12.8. The molecule has 1 aliphatic heterocycles. The summed E-state index contributed by atoms with van der Waals surface area (Å²) in [5.74, 6) is -1.08. The lowest BCUT2D eigenvalue weighted by atomic mass is 9.96. The number of aliphatic hydroxyl groups excluding tert-OH is 1. The molecule has 2 aromatic rings. The topological polar surface area (TPSA) is 70.8 Å². The third-order valence-corrected chi connectivity index (χ3v) is 4.08. The van der Waals surface area contributed by atoms with Crippen LogP contribution in [-0.4, -0.2) is 28.7 Å². The van der Waals surface area contributed by atoms with Crippen molar-refractivity contribution in [2.45, 2.75) is 6.04 Å². The first-order valence-corrected chi connectivity index (χ1v) is 7.58. The molecular formula is C18H14ClNO4. The first kappa shape index (κ1) is 16.1. The Balaban J connectivity index is 1.97. The first-order chi connectivity index (χ1) is 11.5. The van der Waals surface area contributed by atoms with E-state index in [9.17, 15) is 14.7 Å². The van der Waals surface area contributed by atoms with Crippen molar-refractivity contribution in [2.24, 2.45) is 0 Å². The van der Waals surface area contributed by atoms with Crippen LogP contribution in [0.4, 0.5) is 0 Å². The highest BCUT2D eigenvalue weighted by Crippen LogP contribution is 2.37. The Morgan fingerprint density at radius 3 is 2.62 bits per heavy atom. The molecule has 6 heteroatoms. The van der Waals surface area contributed by atoms with E-state index in [4.69, 9.17) is 16.0 Å². The fraction of sp³-hybridized carbons (Fsp3) is 0.111. The minimum absolute atomic E-state index is 0.0348. The van der Waals surface area contributed by atoms with Crippen molar-refractivity contribution in [3.8, 4) is 0 Å². The van der Waals surface area contributed by atoms with Crippen LogP contribution in [0.25, 0.3) is 6.08 Å². The molecule has 1 amide bonds. The number of halogens is 1. The van der Waals surface area contributed by atoms with Crippen LogP contribution in [0.15, 0.2) is 64.5 Å². The number of likely N-dealkylation sites (N-methyl/N-ethyl adjacent to an activating group) is 1. The van der Waals surface area contributed by atoms with Crippen LogP contribution in [0.5, 0.6) is 0 Å². The van der Waals surface area contributed by atoms with Gasteiger partial charge in [-0.05, 0) is 42.0 Å². The van der Waals surface area contributed by atoms with Gasteiger partial charge >= 0.3 is 0 Å². The van der Waals surface area contributed by atoms with E-state index < -0.39 is 23.5 Å². The maximum atomic E-state index is 12.5. The van der Waals surface area contributed by atoms with Crippen LogP contribution in [0, 0.1) is 0 Å². The lowest BCUT2D eigenvalue weighted by Crippen LogP contribution is -2.26. The molecule has 0 spiro atoms. The normalized spacial score (nSPS) is 18.0. The second kappa shape index (κ2) is 6.37. The van der Waals surface area contributed by atoms with Crippen LogP contribution < -0.4 is 0 Å². The van der Waals surface area contributed by atoms with Crippen LogP contribution >= 0.6 is 11.6 Å². The fourth-order valence-corrected chi connectivity index (χ4v) is 2.77. The van der Waals surface area contributed by atoms with Gasteiger partial charge in [0.05, 0.1) is 17.9 Å². The van der Waals surface area contributed by atoms with Crippen LogP contribution in [0.3, 0.4) is 0 Å². The van der Waals surface area contributed by atoms with Gasteiger partial charge in [0.2, 0.25) is 0 Å². The maximum Gasteiger partial charge on any atom is 0.289 e. The van der Waals surface area contributed by atoms with E-state index in [1.165, 1.54) is 30.4 Å². The number of hydrogen-bond donors (Lipinski definition) is 1. The van der Waals surface area contributed by atoms with E-state index in [2.05, 4.69) is 0 Å². The van der Waals surface area contributed by atoms with Crippen molar-refractivity contribution in [1.82, 2.24) is 4.90 Å². The predicted octanol–water partition coefficient (Wildman–Crippen LogP) is 3.54. The SMILES string of the molecule is CN1C(=O)C(O)=C(C(=O)/C=C/c2ccco2)C1c1ccc(Cl)cc1. The number of amides is 1. The molecule has 0 fully saturated rings. The second-order valence-corrected chi connectivity index (χ2v) is 5.78. The number of rotatable bonds is 4. The number of nitrogens with zero attached hydrogens (tertiary/aromatic N) is 1. The maximum absolute atomic E-state index is 12.5. The molecule has 0 bridgehead atoms.